The molecule has 25 heavy (non-hydrogen) atoms. The Kier molecular flexibility index (Phi) is 6.46. The fourth-order valence-electron chi connectivity index (χ4n) is 2.24. The van der Waals surface area contributed by atoms with E-state index in [9.17, 15) is 13.2 Å². The first-order valence-electron chi connectivity index (χ1n) is 7.47. The van der Waals surface area contributed by atoms with Crippen molar-refractivity contribution < 1.29 is 13.2 Å². The molecule has 0 aromatic heterocycles. The SMILES string of the molecule is C[C@@H](NC(=O)CN(C)S(=O)(=O)c1cc(Cl)ccc1Cl)c1ccccc1. The number of halogens is 2. The summed E-state index contributed by atoms with van der Waals surface area (Å²) in [6.07, 6.45) is 0. The van der Waals surface area contributed by atoms with Crippen LogP contribution in [0.5, 0.6) is 0 Å². The number of sulfonamides is 1. The highest BCUT2D eigenvalue weighted by Crippen LogP contribution is 2.27. The Morgan fingerprint density at radius 1 is 1.16 bits per heavy atom. The van der Waals surface area contributed by atoms with Crippen LogP contribution in [0, 0.1) is 0 Å². The van der Waals surface area contributed by atoms with E-state index in [4.69, 9.17) is 23.2 Å². The maximum atomic E-state index is 12.6. The lowest BCUT2D eigenvalue weighted by molar-refractivity contribution is -0.121. The summed E-state index contributed by atoms with van der Waals surface area (Å²) in [6.45, 7) is 1.50. The first kappa shape index (κ1) is 19.7. The highest BCUT2D eigenvalue weighted by atomic mass is 35.5. The van der Waals surface area contributed by atoms with E-state index < -0.39 is 15.9 Å². The van der Waals surface area contributed by atoms with E-state index in [0.717, 1.165) is 9.87 Å². The maximum absolute atomic E-state index is 12.6. The van der Waals surface area contributed by atoms with E-state index in [1.807, 2.05) is 37.3 Å². The van der Waals surface area contributed by atoms with Gasteiger partial charge in [0.1, 0.15) is 4.90 Å². The third kappa shape index (κ3) is 4.95. The van der Waals surface area contributed by atoms with Crippen LogP contribution < -0.4 is 5.32 Å². The first-order valence-corrected chi connectivity index (χ1v) is 9.67. The molecule has 0 spiro atoms. The normalized spacial score (nSPS) is 12.8. The van der Waals surface area contributed by atoms with Gasteiger partial charge in [-0.15, -0.1) is 0 Å². The topological polar surface area (TPSA) is 66.5 Å². The average molecular weight is 401 g/mol. The molecule has 0 unspecified atom stereocenters. The largest absolute Gasteiger partial charge is 0.348 e. The minimum Gasteiger partial charge on any atom is -0.348 e. The van der Waals surface area contributed by atoms with Crippen molar-refractivity contribution in [2.75, 3.05) is 13.6 Å². The van der Waals surface area contributed by atoms with Gasteiger partial charge in [0.2, 0.25) is 15.9 Å². The van der Waals surface area contributed by atoms with Crippen molar-refractivity contribution in [2.45, 2.75) is 17.9 Å². The zero-order chi connectivity index (χ0) is 18.6. The summed E-state index contributed by atoms with van der Waals surface area (Å²) in [5.74, 6) is -0.416. The Morgan fingerprint density at radius 3 is 2.44 bits per heavy atom. The van der Waals surface area contributed by atoms with Crippen LogP contribution in [-0.4, -0.2) is 32.2 Å². The summed E-state index contributed by atoms with van der Waals surface area (Å²) in [5.41, 5.74) is 0.930. The van der Waals surface area contributed by atoms with Gasteiger partial charge in [-0.3, -0.25) is 4.79 Å². The Labute approximate surface area is 157 Å². The number of hydrogen-bond acceptors (Lipinski definition) is 3. The molecule has 0 fully saturated rings. The molecular weight excluding hydrogens is 383 g/mol. The second kappa shape index (κ2) is 8.19. The van der Waals surface area contributed by atoms with Crippen molar-refractivity contribution in [1.82, 2.24) is 9.62 Å². The van der Waals surface area contributed by atoms with Crippen LogP contribution in [0.1, 0.15) is 18.5 Å². The number of amides is 1. The standard InChI is InChI=1S/C17H18Cl2N2O3S/c1-12(13-6-4-3-5-7-13)20-17(22)11-21(2)25(23,24)16-10-14(18)8-9-15(16)19/h3-10,12H,11H2,1-2H3,(H,20,22)/t12-/m1/s1. The van der Waals surface area contributed by atoms with Gasteiger partial charge in [-0.05, 0) is 30.7 Å². The number of nitrogens with zero attached hydrogens (tertiary/aromatic N) is 1. The van der Waals surface area contributed by atoms with Crippen molar-refractivity contribution in [3.8, 4) is 0 Å². The molecule has 0 saturated heterocycles. The van der Waals surface area contributed by atoms with Gasteiger partial charge in [0.15, 0.2) is 0 Å². The van der Waals surface area contributed by atoms with Crippen LogP contribution in [0.4, 0.5) is 0 Å². The molecule has 2 aromatic rings. The van der Waals surface area contributed by atoms with Crippen LogP contribution in [0.25, 0.3) is 0 Å². The maximum Gasteiger partial charge on any atom is 0.244 e. The summed E-state index contributed by atoms with van der Waals surface area (Å²) in [6, 6.07) is 13.3. The highest BCUT2D eigenvalue weighted by Gasteiger charge is 2.26. The van der Waals surface area contributed by atoms with Gasteiger partial charge in [0.05, 0.1) is 17.6 Å². The predicted octanol–water partition coefficient (Wildman–Crippen LogP) is 3.49. The third-order valence-electron chi connectivity index (χ3n) is 3.62. The van der Waals surface area contributed by atoms with Crippen LogP contribution in [-0.2, 0) is 14.8 Å². The molecule has 1 N–H and O–H groups in total. The van der Waals surface area contributed by atoms with Crippen LogP contribution in [0.15, 0.2) is 53.4 Å². The quantitative estimate of drug-likeness (QED) is 0.806. The number of carbonyl (C=O) groups is 1. The van der Waals surface area contributed by atoms with E-state index in [0.29, 0.717) is 0 Å². The summed E-state index contributed by atoms with van der Waals surface area (Å²) < 4.78 is 26.1. The lowest BCUT2D eigenvalue weighted by Crippen LogP contribution is -2.39. The minimum absolute atomic E-state index is 0.0503. The number of carbonyl (C=O) groups excluding carboxylic acids is 1. The predicted molar refractivity (Wildman–Crippen MR) is 99.3 cm³/mol. The fraction of sp³-hybridized carbons (Fsp3) is 0.235. The number of nitrogens with one attached hydrogen (secondary N) is 1. The monoisotopic (exact) mass is 400 g/mol. The van der Waals surface area contributed by atoms with E-state index in [-0.39, 0.29) is 27.5 Å². The van der Waals surface area contributed by atoms with Crippen LogP contribution >= 0.6 is 23.2 Å². The molecule has 0 aliphatic rings. The van der Waals surface area contributed by atoms with Gasteiger partial charge < -0.3 is 5.32 Å². The number of likely N-dealkylation sites (N-methyl/N-ethyl adjacent to an activating group) is 1. The van der Waals surface area contributed by atoms with Gasteiger partial charge in [-0.25, -0.2) is 8.42 Å². The van der Waals surface area contributed by atoms with Crippen LogP contribution in [0.2, 0.25) is 10.0 Å². The molecule has 1 atom stereocenters. The number of hydrogen-bond donors (Lipinski definition) is 1. The second-order valence-corrected chi connectivity index (χ2v) is 8.39. The summed E-state index contributed by atoms with van der Waals surface area (Å²) >= 11 is 11.8. The molecule has 8 heteroatoms. The van der Waals surface area contributed by atoms with Gasteiger partial charge in [-0.2, -0.15) is 4.31 Å². The van der Waals surface area contributed by atoms with Crippen molar-refractivity contribution in [3.63, 3.8) is 0 Å². The molecule has 0 heterocycles. The summed E-state index contributed by atoms with van der Waals surface area (Å²) in [4.78, 5) is 12.1. The Hall–Kier alpha value is -1.60. The molecule has 1 amide bonds. The molecule has 2 aromatic carbocycles. The Morgan fingerprint density at radius 2 is 1.80 bits per heavy atom. The molecular formula is C17H18Cl2N2O3S. The minimum atomic E-state index is -3.93. The van der Waals surface area contributed by atoms with E-state index in [1.165, 1.54) is 25.2 Å². The van der Waals surface area contributed by atoms with Crippen molar-refractivity contribution >= 4 is 39.1 Å². The number of benzene rings is 2. The third-order valence-corrected chi connectivity index (χ3v) is 6.14. The summed E-state index contributed by atoms with van der Waals surface area (Å²) in [7, 11) is -2.61. The summed E-state index contributed by atoms with van der Waals surface area (Å²) in [5, 5.41) is 3.07. The molecule has 0 aliphatic carbocycles. The lowest BCUT2D eigenvalue weighted by Gasteiger charge is -2.20. The Balaban J connectivity index is 2.09. The molecule has 2 rings (SSSR count). The molecule has 5 nitrogen and oxygen atoms in total. The Bertz CT molecular complexity index is 857. The van der Waals surface area contributed by atoms with Gasteiger partial charge >= 0.3 is 0 Å². The van der Waals surface area contributed by atoms with E-state index in [1.54, 1.807) is 0 Å². The van der Waals surface area contributed by atoms with Gasteiger partial charge in [0.25, 0.3) is 0 Å². The average Bonchev–Trinajstić information content (AvgIpc) is 2.57. The molecule has 0 aliphatic heterocycles. The molecule has 0 radical (unpaired) electrons. The fourth-order valence-corrected chi connectivity index (χ4v) is 4.10. The lowest BCUT2D eigenvalue weighted by atomic mass is 10.1. The second-order valence-electron chi connectivity index (χ2n) is 5.54. The first-order chi connectivity index (χ1) is 11.7. The molecule has 134 valence electrons. The smallest absolute Gasteiger partial charge is 0.244 e. The van der Waals surface area contributed by atoms with Crippen LogP contribution in [0.3, 0.4) is 0 Å². The zero-order valence-corrected chi connectivity index (χ0v) is 16.1. The van der Waals surface area contributed by atoms with Gasteiger partial charge in [0, 0.05) is 12.1 Å². The van der Waals surface area contributed by atoms with Crippen molar-refractivity contribution in [2.24, 2.45) is 0 Å². The van der Waals surface area contributed by atoms with Crippen molar-refractivity contribution in [1.29, 1.82) is 0 Å². The zero-order valence-electron chi connectivity index (χ0n) is 13.7. The van der Waals surface area contributed by atoms with E-state index in [2.05, 4.69) is 5.32 Å². The molecule has 0 bridgehead atoms. The van der Waals surface area contributed by atoms with Gasteiger partial charge in [-0.1, -0.05) is 53.5 Å². The highest BCUT2D eigenvalue weighted by molar-refractivity contribution is 7.89. The molecule has 0 saturated carbocycles. The van der Waals surface area contributed by atoms with Crippen molar-refractivity contribution in [3.05, 3.63) is 64.1 Å². The van der Waals surface area contributed by atoms with E-state index >= 15 is 0 Å². The number of rotatable bonds is 6.